The average molecular weight is 246 g/mol. The Morgan fingerprint density at radius 3 is 2.89 bits per heavy atom. The summed E-state index contributed by atoms with van der Waals surface area (Å²) in [6, 6.07) is 5.63. The number of aromatic nitrogens is 2. The molecule has 0 aliphatic carbocycles. The second-order valence-corrected chi connectivity index (χ2v) is 3.88. The molecule has 0 spiro atoms. The van der Waals surface area contributed by atoms with Gasteiger partial charge >= 0.3 is 5.69 Å². The van der Waals surface area contributed by atoms with Gasteiger partial charge in [-0.25, -0.2) is 9.18 Å². The molecule has 0 bridgehead atoms. The molecule has 0 unspecified atom stereocenters. The second-order valence-electron chi connectivity index (χ2n) is 3.88. The van der Waals surface area contributed by atoms with E-state index in [-0.39, 0.29) is 22.4 Å². The van der Waals surface area contributed by atoms with Crippen molar-refractivity contribution in [2.75, 3.05) is 0 Å². The third-order valence-corrected chi connectivity index (χ3v) is 2.76. The number of benzene rings is 1. The van der Waals surface area contributed by atoms with Gasteiger partial charge < -0.3 is 4.42 Å². The summed E-state index contributed by atoms with van der Waals surface area (Å²) in [4.78, 5) is 26.9. The maximum atomic E-state index is 13.6. The highest BCUT2D eigenvalue weighted by atomic mass is 19.1. The van der Waals surface area contributed by atoms with Crippen LogP contribution in [0, 0.1) is 5.82 Å². The van der Waals surface area contributed by atoms with E-state index in [1.165, 1.54) is 25.2 Å². The Kier molecular flexibility index (Phi) is 2.07. The molecule has 2 aliphatic rings. The smallest absolute Gasteiger partial charge is 0.353 e. The molecule has 0 saturated heterocycles. The van der Waals surface area contributed by atoms with E-state index in [1.54, 1.807) is 6.07 Å². The third-order valence-electron chi connectivity index (χ3n) is 2.76. The summed E-state index contributed by atoms with van der Waals surface area (Å²) >= 11 is 0. The molecule has 2 heterocycles. The van der Waals surface area contributed by atoms with Crippen molar-refractivity contribution in [2.45, 2.75) is 0 Å². The first kappa shape index (κ1) is 10.6. The minimum Gasteiger partial charge on any atom is -0.437 e. The largest absolute Gasteiger partial charge is 0.437 e. The highest BCUT2D eigenvalue weighted by molar-refractivity contribution is 5.82. The molecule has 3 rings (SSSR count). The van der Waals surface area contributed by atoms with Crippen LogP contribution in [-0.2, 0) is 7.05 Å². The van der Waals surface area contributed by atoms with E-state index < -0.39 is 17.1 Å². The molecule has 1 aromatic rings. The molecule has 0 radical (unpaired) electrons. The summed E-state index contributed by atoms with van der Waals surface area (Å²) in [6.45, 7) is 0. The second kappa shape index (κ2) is 3.49. The van der Waals surface area contributed by atoms with Crippen molar-refractivity contribution < 1.29 is 8.81 Å². The van der Waals surface area contributed by atoms with Gasteiger partial charge in [-0.05, 0) is 18.2 Å². The fraction of sp³-hybridized carbons (Fsp3) is 0.0833. The molecular weight excluding hydrogens is 239 g/mol. The van der Waals surface area contributed by atoms with Gasteiger partial charge in [-0.1, -0.05) is 6.07 Å². The van der Waals surface area contributed by atoms with E-state index >= 15 is 0 Å². The van der Waals surface area contributed by atoms with Crippen molar-refractivity contribution in [1.82, 2.24) is 9.55 Å². The molecule has 18 heavy (non-hydrogen) atoms. The maximum Gasteiger partial charge on any atom is 0.353 e. The van der Waals surface area contributed by atoms with Gasteiger partial charge in [0.1, 0.15) is 17.0 Å². The van der Waals surface area contributed by atoms with E-state index in [2.05, 4.69) is 4.98 Å². The van der Waals surface area contributed by atoms with Crippen molar-refractivity contribution in [3.8, 4) is 11.5 Å². The van der Waals surface area contributed by atoms with Gasteiger partial charge in [0.2, 0.25) is 5.89 Å². The van der Waals surface area contributed by atoms with Crippen LogP contribution in [0.3, 0.4) is 0 Å². The normalized spacial score (nSPS) is 11.2. The lowest BCUT2D eigenvalue weighted by molar-refractivity contribution is 0.575. The van der Waals surface area contributed by atoms with Crippen LogP contribution in [0.4, 0.5) is 4.39 Å². The summed E-state index contributed by atoms with van der Waals surface area (Å²) in [6.07, 6.45) is 0. The lowest BCUT2D eigenvalue weighted by Crippen LogP contribution is -2.34. The molecule has 0 N–H and O–H groups in total. The predicted molar refractivity (Wildman–Crippen MR) is 62.1 cm³/mol. The summed E-state index contributed by atoms with van der Waals surface area (Å²) < 4.78 is 19.7. The molecule has 5 nitrogen and oxygen atoms in total. The van der Waals surface area contributed by atoms with E-state index in [1.807, 2.05) is 0 Å². The zero-order valence-electron chi connectivity index (χ0n) is 9.31. The molecule has 0 amide bonds. The lowest BCUT2D eigenvalue weighted by Gasteiger charge is -2.06. The number of nitrogens with zero attached hydrogens (tertiary/aromatic N) is 2. The Labute approximate surface area is 99.5 Å². The minimum absolute atomic E-state index is 0.0784. The van der Waals surface area contributed by atoms with Crippen LogP contribution in [0.2, 0.25) is 0 Å². The third kappa shape index (κ3) is 1.35. The summed E-state index contributed by atoms with van der Waals surface area (Å²) in [5, 5.41) is 0.183. The van der Waals surface area contributed by atoms with Crippen LogP contribution in [-0.4, -0.2) is 9.55 Å². The summed E-state index contributed by atoms with van der Waals surface area (Å²) in [7, 11) is 1.31. The van der Waals surface area contributed by atoms with Gasteiger partial charge in [0.25, 0.3) is 5.56 Å². The number of fused-ring (bicyclic) bond motifs is 2. The molecule has 0 aromatic heterocycles. The maximum absolute atomic E-state index is 13.6. The fourth-order valence-corrected chi connectivity index (χ4v) is 1.78. The van der Waals surface area contributed by atoms with Gasteiger partial charge in [-0.15, -0.1) is 0 Å². The molecular formula is C12H7FN2O3. The molecule has 0 saturated carbocycles. The van der Waals surface area contributed by atoms with E-state index in [0.717, 1.165) is 4.57 Å². The Balaban J connectivity index is 2.59. The number of hydrogen-bond donors (Lipinski definition) is 0. The van der Waals surface area contributed by atoms with Gasteiger partial charge in [0.15, 0.2) is 0 Å². The SMILES string of the molecule is Cn1c(=O)nc2oc3cccc(F)c3cc-2c1=O. The first-order valence-electron chi connectivity index (χ1n) is 5.17. The monoisotopic (exact) mass is 246 g/mol. The molecule has 0 fully saturated rings. The van der Waals surface area contributed by atoms with Gasteiger partial charge in [-0.3, -0.25) is 9.36 Å². The van der Waals surface area contributed by atoms with Gasteiger partial charge in [-0.2, -0.15) is 4.98 Å². The quantitative estimate of drug-likeness (QED) is 0.558. The topological polar surface area (TPSA) is 65.1 Å². The molecule has 1 aromatic carbocycles. The summed E-state index contributed by atoms with van der Waals surface area (Å²) in [5.74, 6) is -0.576. The molecule has 2 aliphatic heterocycles. The zero-order chi connectivity index (χ0) is 12.9. The van der Waals surface area contributed by atoms with Crippen molar-refractivity contribution in [1.29, 1.82) is 0 Å². The number of rotatable bonds is 0. The van der Waals surface area contributed by atoms with Crippen molar-refractivity contribution in [2.24, 2.45) is 7.05 Å². The van der Waals surface area contributed by atoms with Crippen LogP contribution in [0.1, 0.15) is 0 Å². The van der Waals surface area contributed by atoms with Crippen molar-refractivity contribution in [3.05, 3.63) is 50.9 Å². The first-order valence-corrected chi connectivity index (χ1v) is 5.17. The fourth-order valence-electron chi connectivity index (χ4n) is 1.78. The van der Waals surface area contributed by atoms with Crippen LogP contribution in [0.15, 0.2) is 38.3 Å². The Morgan fingerprint density at radius 2 is 2.11 bits per heavy atom. The van der Waals surface area contributed by atoms with Crippen LogP contribution in [0.5, 0.6) is 0 Å². The number of hydrogen-bond acceptors (Lipinski definition) is 4. The van der Waals surface area contributed by atoms with E-state index in [9.17, 15) is 14.0 Å². The van der Waals surface area contributed by atoms with Crippen LogP contribution >= 0.6 is 0 Å². The average Bonchev–Trinajstić information content (AvgIpc) is 2.35. The zero-order valence-corrected chi connectivity index (χ0v) is 9.31. The molecule has 90 valence electrons. The van der Waals surface area contributed by atoms with Crippen molar-refractivity contribution >= 4 is 11.0 Å². The lowest BCUT2D eigenvalue weighted by atomic mass is 10.1. The minimum atomic E-state index is -0.702. The van der Waals surface area contributed by atoms with Crippen LogP contribution in [0.25, 0.3) is 22.4 Å². The highest BCUT2D eigenvalue weighted by Crippen LogP contribution is 2.24. The Bertz CT molecular complexity index is 850. The summed E-state index contributed by atoms with van der Waals surface area (Å²) in [5.41, 5.74) is -0.941. The predicted octanol–water partition coefficient (Wildman–Crippen LogP) is 1.13. The first-order chi connectivity index (χ1) is 8.58. The Morgan fingerprint density at radius 1 is 1.33 bits per heavy atom. The van der Waals surface area contributed by atoms with Crippen molar-refractivity contribution in [3.63, 3.8) is 0 Å². The van der Waals surface area contributed by atoms with Crippen LogP contribution < -0.4 is 11.2 Å². The van der Waals surface area contributed by atoms with E-state index in [4.69, 9.17) is 4.42 Å². The van der Waals surface area contributed by atoms with Gasteiger partial charge in [0.05, 0.1) is 5.39 Å². The Hall–Kier alpha value is -2.50. The molecule has 6 heteroatoms. The standard InChI is InChI=1S/C12H7FN2O3/c1-15-11(16)7-5-6-8(13)3-2-4-9(6)18-10(7)14-12(15)17/h2-5H,1H3. The number of halogens is 1. The highest BCUT2D eigenvalue weighted by Gasteiger charge is 2.17. The van der Waals surface area contributed by atoms with E-state index in [0.29, 0.717) is 0 Å². The molecule has 0 atom stereocenters. The van der Waals surface area contributed by atoms with Gasteiger partial charge in [0, 0.05) is 7.05 Å².